The quantitative estimate of drug-likeness (QED) is 0.584. The van der Waals surface area contributed by atoms with Crippen LogP contribution in [0.5, 0.6) is 5.75 Å². The molecule has 1 aromatic heterocycles. The van der Waals surface area contributed by atoms with Gasteiger partial charge < -0.3 is 14.2 Å². The maximum absolute atomic E-state index is 13.6. The van der Waals surface area contributed by atoms with Gasteiger partial charge in [-0.25, -0.2) is 0 Å². The number of fused-ring (bicyclic) bond motifs is 3. The van der Waals surface area contributed by atoms with Crippen molar-refractivity contribution in [3.05, 3.63) is 65.4 Å². The van der Waals surface area contributed by atoms with Gasteiger partial charge in [0.15, 0.2) is 0 Å². The number of hydrogen-bond donors (Lipinski definition) is 0. The first-order valence-corrected chi connectivity index (χ1v) is 10.6. The number of carbonyl (C=O) groups excluding carboxylic acids is 1. The number of carbonyl (C=O) groups is 1. The van der Waals surface area contributed by atoms with Gasteiger partial charge in [-0.1, -0.05) is 43.3 Å². The number of nitrogens with zero attached hydrogens (tertiary/aromatic N) is 2. The summed E-state index contributed by atoms with van der Waals surface area (Å²) in [6, 6.07) is 16.4. The number of hydrogen-bond acceptors (Lipinski definition) is 2. The highest BCUT2D eigenvalue weighted by Crippen LogP contribution is 2.43. The van der Waals surface area contributed by atoms with E-state index in [0.29, 0.717) is 6.54 Å². The standard InChI is InChI=1S/C25H30N2O2/c1-4-16-27-20-13-8-12-19(23(20)24-21(27)14-9-15-22(24)29-3)25(28)26(2)17-18-10-6-5-7-11-18/h5-7,9-11,14-15,19H,4,8,12-13,16-17H2,1-3H3. The summed E-state index contributed by atoms with van der Waals surface area (Å²) in [7, 11) is 3.64. The molecule has 2 aromatic carbocycles. The Bertz CT molecular complexity index is 1010. The minimum atomic E-state index is -0.107. The average Bonchev–Trinajstić information content (AvgIpc) is 3.08. The zero-order valence-electron chi connectivity index (χ0n) is 17.6. The predicted molar refractivity (Wildman–Crippen MR) is 117 cm³/mol. The molecule has 29 heavy (non-hydrogen) atoms. The van der Waals surface area contributed by atoms with Crippen LogP contribution in [0, 0.1) is 0 Å². The van der Waals surface area contributed by atoms with E-state index in [1.165, 1.54) is 16.8 Å². The normalized spacial score (nSPS) is 15.9. The molecule has 1 heterocycles. The van der Waals surface area contributed by atoms with Gasteiger partial charge >= 0.3 is 0 Å². The summed E-state index contributed by atoms with van der Waals surface area (Å²) in [6.45, 7) is 3.81. The van der Waals surface area contributed by atoms with Crippen LogP contribution in [0.25, 0.3) is 10.9 Å². The number of rotatable bonds is 6. The van der Waals surface area contributed by atoms with E-state index in [1.807, 2.05) is 36.2 Å². The van der Waals surface area contributed by atoms with E-state index in [0.717, 1.165) is 48.9 Å². The summed E-state index contributed by atoms with van der Waals surface area (Å²) in [4.78, 5) is 15.4. The molecular weight excluding hydrogens is 360 g/mol. The van der Waals surface area contributed by atoms with Gasteiger partial charge in [-0.15, -0.1) is 0 Å². The highest BCUT2D eigenvalue weighted by atomic mass is 16.5. The fourth-order valence-corrected chi connectivity index (χ4v) is 4.81. The molecular formula is C25H30N2O2. The number of benzene rings is 2. The fourth-order valence-electron chi connectivity index (χ4n) is 4.81. The lowest BCUT2D eigenvalue weighted by Gasteiger charge is -2.28. The topological polar surface area (TPSA) is 34.5 Å². The second-order valence-electron chi connectivity index (χ2n) is 7.99. The van der Waals surface area contributed by atoms with Crippen LogP contribution in [0.2, 0.25) is 0 Å². The van der Waals surface area contributed by atoms with Crippen molar-refractivity contribution in [2.75, 3.05) is 14.2 Å². The highest BCUT2D eigenvalue weighted by molar-refractivity contribution is 5.97. The molecule has 4 rings (SSSR count). The lowest BCUT2D eigenvalue weighted by Crippen LogP contribution is -2.33. The van der Waals surface area contributed by atoms with E-state index in [1.54, 1.807) is 7.11 Å². The lowest BCUT2D eigenvalue weighted by atomic mass is 9.84. The first-order valence-electron chi connectivity index (χ1n) is 10.6. The number of amides is 1. The summed E-state index contributed by atoms with van der Waals surface area (Å²) in [6.07, 6.45) is 4.04. The molecule has 1 atom stereocenters. The fraction of sp³-hybridized carbons (Fsp3) is 0.400. The number of aryl methyl sites for hydroxylation is 1. The first-order chi connectivity index (χ1) is 14.2. The molecule has 0 N–H and O–H groups in total. The zero-order valence-corrected chi connectivity index (χ0v) is 17.6. The van der Waals surface area contributed by atoms with Crippen molar-refractivity contribution in [2.45, 2.75) is 51.6 Å². The minimum absolute atomic E-state index is 0.107. The summed E-state index contributed by atoms with van der Waals surface area (Å²) < 4.78 is 8.15. The molecule has 4 nitrogen and oxygen atoms in total. The molecule has 0 aliphatic heterocycles. The Morgan fingerprint density at radius 1 is 1.17 bits per heavy atom. The van der Waals surface area contributed by atoms with Crippen LogP contribution >= 0.6 is 0 Å². The van der Waals surface area contributed by atoms with Gasteiger partial charge in [0.25, 0.3) is 0 Å². The van der Waals surface area contributed by atoms with Crippen LogP contribution in [0.15, 0.2) is 48.5 Å². The van der Waals surface area contributed by atoms with Crippen molar-refractivity contribution in [1.29, 1.82) is 0 Å². The number of ether oxygens (including phenoxy) is 1. The molecule has 1 amide bonds. The molecule has 1 aliphatic carbocycles. The Hall–Kier alpha value is -2.75. The third-order valence-corrected chi connectivity index (χ3v) is 6.06. The van der Waals surface area contributed by atoms with E-state index in [-0.39, 0.29) is 11.8 Å². The molecule has 0 saturated carbocycles. The molecule has 0 fully saturated rings. The highest BCUT2D eigenvalue weighted by Gasteiger charge is 2.34. The van der Waals surface area contributed by atoms with Gasteiger partial charge in [-0.05, 0) is 48.9 Å². The van der Waals surface area contributed by atoms with E-state index >= 15 is 0 Å². The van der Waals surface area contributed by atoms with Crippen LogP contribution in [0.3, 0.4) is 0 Å². The molecule has 1 aliphatic rings. The van der Waals surface area contributed by atoms with E-state index < -0.39 is 0 Å². The number of methoxy groups -OCH3 is 1. The number of likely N-dealkylation sites (N-methyl/N-ethyl adjacent to an activating group) is 1. The Morgan fingerprint density at radius 2 is 1.97 bits per heavy atom. The van der Waals surface area contributed by atoms with Gasteiger partial charge in [0.05, 0.1) is 18.5 Å². The van der Waals surface area contributed by atoms with Crippen LogP contribution < -0.4 is 4.74 Å². The van der Waals surface area contributed by atoms with E-state index in [9.17, 15) is 4.79 Å². The summed E-state index contributed by atoms with van der Waals surface area (Å²) in [5, 5.41) is 1.13. The minimum Gasteiger partial charge on any atom is -0.496 e. The molecule has 0 saturated heterocycles. The molecule has 4 heteroatoms. The van der Waals surface area contributed by atoms with Gasteiger partial charge in [-0.2, -0.15) is 0 Å². The third kappa shape index (κ3) is 3.52. The van der Waals surface area contributed by atoms with Crippen LogP contribution in [-0.4, -0.2) is 29.5 Å². The molecule has 152 valence electrons. The summed E-state index contributed by atoms with van der Waals surface area (Å²) >= 11 is 0. The summed E-state index contributed by atoms with van der Waals surface area (Å²) in [5.41, 5.74) is 4.87. The monoisotopic (exact) mass is 390 g/mol. The SMILES string of the molecule is CCCn1c2c(c3c(OC)cccc31)C(C(=O)N(C)Cc1ccccc1)CCC2. The summed E-state index contributed by atoms with van der Waals surface area (Å²) in [5.74, 6) is 0.972. The van der Waals surface area contributed by atoms with Crippen molar-refractivity contribution < 1.29 is 9.53 Å². The first kappa shape index (κ1) is 19.6. The van der Waals surface area contributed by atoms with E-state index in [4.69, 9.17) is 4.74 Å². The van der Waals surface area contributed by atoms with Crippen LogP contribution in [0.1, 0.15) is 48.9 Å². The third-order valence-electron chi connectivity index (χ3n) is 6.06. The predicted octanol–water partition coefficient (Wildman–Crippen LogP) is 5.14. The Kier molecular flexibility index (Phi) is 5.61. The van der Waals surface area contributed by atoms with Crippen molar-refractivity contribution in [3.8, 4) is 5.75 Å². The average molecular weight is 391 g/mol. The second-order valence-corrected chi connectivity index (χ2v) is 7.99. The lowest BCUT2D eigenvalue weighted by molar-refractivity contribution is -0.132. The molecule has 0 radical (unpaired) electrons. The smallest absolute Gasteiger partial charge is 0.230 e. The Labute approximate surface area is 173 Å². The molecule has 0 bridgehead atoms. The van der Waals surface area contributed by atoms with Gasteiger partial charge in [0.2, 0.25) is 5.91 Å². The van der Waals surface area contributed by atoms with Crippen molar-refractivity contribution in [3.63, 3.8) is 0 Å². The van der Waals surface area contributed by atoms with Crippen molar-refractivity contribution >= 4 is 16.8 Å². The molecule has 3 aromatic rings. The molecule has 1 unspecified atom stereocenters. The van der Waals surface area contributed by atoms with Crippen LogP contribution in [0.4, 0.5) is 0 Å². The maximum Gasteiger partial charge on any atom is 0.230 e. The zero-order chi connectivity index (χ0) is 20.4. The second kappa shape index (κ2) is 8.32. The van der Waals surface area contributed by atoms with Gasteiger partial charge in [0, 0.05) is 31.2 Å². The Morgan fingerprint density at radius 3 is 2.69 bits per heavy atom. The number of aromatic nitrogens is 1. The largest absolute Gasteiger partial charge is 0.496 e. The Balaban J connectivity index is 1.77. The van der Waals surface area contributed by atoms with Gasteiger partial charge in [0.1, 0.15) is 5.75 Å². The maximum atomic E-state index is 13.6. The van der Waals surface area contributed by atoms with Crippen LogP contribution in [-0.2, 0) is 24.3 Å². The van der Waals surface area contributed by atoms with E-state index in [2.05, 4.69) is 35.8 Å². The van der Waals surface area contributed by atoms with Crippen molar-refractivity contribution in [2.24, 2.45) is 0 Å². The molecule has 0 spiro atoms. The van der Waals surface area contributed by atoms with Gasteiger partial charge in [-0.3, -0.25) is 4.79 Å². The van der Waals surface area contributed by atoms with Crippen molar-refractivity contribution in [1.82, 2.24) is 9.47 Å².